The number of carboxylic acids is 2. The Bertz CT molecular complexity index is 134. The van der Waals surface area contributed by atoms with E-state index >= 15 is 0 Å². The van der Waals surface area contributed by atoms with Gasteiger partial charge in [-0.25, -0.2) is 9.59 Å². The number of rotatable bonds is 0. The van der Waals surface area contributed by atoms with E-state index in [1.165, 1.54) is 0 Å². The molecular weight excluding hydrogens is 216 g/mol. The summed E-state index contributed by atoms with van der Waals surface area (Å²) in [4.78, 5) is 18.2. The van der Waals surface area contributed by atoms with E-state index in [0.717, 1.165) is 0 Å². The summed E-state index contributed by atoms with van der Waals surface area (Å²) in [6.07, 6.45) is 0. The minimum absolute atomic E-state index is 0.139. The highest BCUT2D eigenvalue weighted by atomic mass is 28.3. The Kier molecular flexibility index (Phi) is 16.8. The van der Waals surface area contributed by atoms with Crippen LogP contribution in [0.15, 0.2) is 0 Å². The van der Waals surface area contributed by atoms with Crippen molar-refractivity contribution in [3.8, 4) is 0 Å². The molecule has 0 aromatic carbocycles. The normalized spacial score (nSPS) is 8.29. The molecular formula is C8H22O4Si2. The molecule has 0 atom stereocenters. The van der Waals surface area contributed by atoms with Gasteiger partial charge in [-0.05, 0) is 0 Å². The van der Waals surface area contributed by atoms with E-state index in [2.05, 4.69) is 39.3 Å². The second-order valence-corrected chi connectivity index (χ2v) is 11.0. The Morgan fingerprint density at radius 3 is 0.786 bits per heavy atom. The van der Waals surface area contributed by atoms with Crippen LogP contribution in [-0.4, -0.2) is 39.7 Å². The third kappa shape index (κ3) is 108. The van der Waals surface area contributed by atoms with E-state index < -0.39 is 11.9 Å². The molecule has 86 valence electrons. The van der Waals surface area contributed by atoms with Crippen molar-refractivity contribution in [1.29, 1.82) is 0 Å². The average molecular weight is 238 g/mol. The van der Waals surface area contributed by atoms with E-state index in [-0.39, 0.29) is 17.6 Å². The van der Waals surface area contributed by atoms with Crippen LogP contribution in [0.5, 0.6) is 0 Å². The molecule has 0 heterocycles. The lowest BCUT2D eigenvalue weighted by Gasteiger charge is -1.75. The summed E-state index contributed by atoms with van der Waals surface area (Å²) in [6.45, 7) is 13.8. The molecule has 0 aromatic heterocycles. The minimum atomic E-state index is -1.82. The molecule has 0 aromatic rings. The van der Waals surface area contributed by atoms with Gasteiger partial charge in [0.15, 0.2) is 0 Å². The first kappa shape index (κ1) is 19.0. The van der Waals surface area contributed by atoms with Crippen LogP contribution >= 0.6 is 0 Å². The first-order valence-corrected chi connectivity index (χ1v) is 11.5. The molecule has 0 spiro atoms. The molecule has 0 aliphatic rings. The third-order valence-corrected chi connectivity index (χ3v) is 0.183. The van der Waals surface area contributed by atoms with Crippen LogP contribution in [0.4, 0.5) is 0 Å². The molecule has 0 rings (SSSR count). The number of carbonyl (C=O) groups is 2. The number of hydrogen-bond acceptors (Lipinski definition) is 2. The molecule has 0 saturated heterocycles. The summed E-state index contributed by atoms with van der Waals surface area (Å²) >= 11 is 0. The highest BCUT2D eigenvalue weighted by Crippen LogP contribution is 1.68. The summed E-state index contributed by atoms with van der Waals surface area (Å²) in [5, 5.41) is 14.8. The fourth-order valence-corrected chi connectivity index (χ4v) is 0. The number of aliphatic carboxylic acids is 2. The first-order valence-electron chi connectivity index (χ1n) is 4.57. The highest BCUT2D eigenvalue weighted by Gasteiger charge is 2.04. The van der Waals surface area contributed by atoms with Gasteiger partial charge in [0.1, 0.15) is 0 Å². The molecule has 6 heteroatoms. The fourth-order valence-electron chi connectivity index (χ4n) is 0. The number of hydrogen-bond donors (Lipinski definition) is 2. The molecule has 4 nitrogen and oxygen atoms in total. The predicted octanol–water partition coefficient (Wildman–Crippen LogP) is 1.36. The Balaban J connectivity index is -0.000000135. The Morgan fingerprint density at radius 1 is 0.714 bits per heavy atom. The van der Waals surface area contributed by atoms with Crippen molar-refractivity contribution in [3.63, 3.8) is 0 Å². The molecule has 0 amide bonds. The lowest BCUT2D eigenvalue weighted by atomic mass is 10.7. The second-order valence-electron chi connectivity index (χ2n) is 4.07. The maximum Gasteiger partial charge on any atom is 0.414 e. The zero-order valence-corrected chi connectivity index (χ0v) is 12.2. The Morgan fingerprint density at radius 2 is 0.786 bits per heavy atom. The van der Waals surface area contributed by atoms with Crippen molar-refractivity contribution in [2.45, 2.75) is 39.3 Å². The van der Waals surface area contributed by atoms with Crippen LogP contribution in [0.2, 0.25) is 39.3 Å². The molecule has 0 radical (unpaired) electrons. The van der Waals surface area contributed by atoms with Gasteiger partial charge in [0.2, 0.25) is 0 Å². The smallest absolute Gasteiger partial charge is 0.414 e. The topological polar surface area (TPSA) is 74.6 Å². The van der Waals surface area contributed by atoms with Gasteiger partial charge in [0.25, 0.3) is 0 Å². The van der Waals surface area contributed by atoms with Crippen LogP contribution in [-0.2, 0) is 9.59 Å². The van der Waals surface area contributed by atoms with E-state index in [0.29, 0.717) is 0 Å². The third-order valence-electron chi connectivity index (χ3n) is 0.183. The van der Waals surface area contributed by atoms with Gasteiger partial charge in [0.05, 0.1) is 0 Å². The van der Waals surface area contributed by atoms with E-state index in [1.54, 1.807) is 0 Å². The van der Waals surface area contributed by atoms with Crippen molar-refractivity contribution in [2.75, 3.05) is 0 Å². The maximum absolute atomic E-state index is 9.10. The summed E-state index contributed by atoms with van der Waals surface area (Å²) in [6, 6.07) is 0. The zero-order valence-electron chi connectivity index (χ0n) is 9.87. The van der Waals surface area contributed by atoms with Crippen LogP contribution in [0.1, 0.15) is 0 Å². The summed E-state index contributed by atoms with van der Waals surface area (Å²) in [7, 11) is -0.278. The van der Waals surface area contributed by atoms with Crippen LogP contribution in [0.3, 0.4) is 0 Å². The van der Waals surface area contributed by atoms with Gasteiger partial charge in [-0.2, -0.15) is 0 Å². The maximum atomic E-state index is 9.10. The Labute approximate surface area is 89.2 Å². The van der Waals surface area contributed by atoms with Gasteiger partial charge in [0, 0.05) is 17.6 Å². The van der Waals surface area contributed by atoms with Crippen molar-refractivity contribution in [3.05, 3.63) is 0 Å². The largest absolute Gasteiger partial charge is 0.473 e. The molecule has 0 aliphatic carbocycles. The van der Waals surface area contributed by atoms with Gasteiger partial charge in [-0.1, -0.05) is 39.3 Å². The van der Waals surface area contributed by atoms with Crippen molar-refractivity contribution >= 4 is 29.5 Å². The standard InChI is InChI=1S/2C3H10Si.C2H2O4/c2*1-4(2)3;3-1(4)2(5)6/h2*4H,1-3H3;(H,3,4)(H,5,6). The Hall–Kier alpha value is -0.626. The molecule has 2 N–H and O–H groups in total. The highest BCUT2D eigenvalue weighted by molar-refractivity contribution is 6.54. The summed E-state index contributed by atoms with van der Waals surface area (Å²) in [5.74, 6) is -3.65. The van der Waals surface area contributed by atoms with Crippen molar-refractivity contribution < 1.29 is 19.8 Å². The van der Waals surface area contributed by atoms with Crippen molar-refractivity contribution in [1.82, 2.24) is 0 Å². The van der Waals surface area contributed by atoms with Crippen LogP contribution < -0.4 is 0 Å². The van der Waals surface area contributed by atoms with Crippen molar-refractivity contribution in [2.24, 2.45) is 0 Å². The SMILES string of the molecule is C[SiH](C)C.C[SiH](C)C.O=C(O)C(=O)O. The lowest BCUT2D eigenvalue weighted by Crippen LogP contribution is -2.09. The molecule has 0 fully saturated rings. The lowest BCUT2D eigenvalue weighted by molar-refractivity contribution is -0.159. The molecule has 14 heavy (non-hydrogen) atoms. The predicted molar refractivity (Wildman–Crippen MR) is 64.8 cm³/mol. The van der Waals surface area contributed by atoms with Gasteiger partial charge < -0.3 is 10.2 Å². The summed E-state index contributed by atoms with van der Waals surface area (Å²) in [5.41, 5.74) is 0. The van der Waals surface area contributed by atoms with E-state index in [9.17, 15) is 0 Å². The van der Waals surface area contributed by atoms with Gasteiger partial charge >= 0.3 is 11.9 Å². The second kappa shape index (κ2) is 12.4. The molecule has 0 unspecified atom stereocenters. The molecule has 0 aliphatic heterocycles. The minimum Gasteiger partial charge on any atom is -0.473 e. The summed E-state index contributed by atoms with van der Waals surface area (Å²) < 4.78 is 0. The monoisotopic (exact) mass is 238 g/mol. The average Bonchev–Trinajstić information content (AvgIpc) is 1.83. The van der Waals surface area contributed by atoms with Crippen LogP contribution in [0, 0.1) is 0 Å². The van der Waals surface area contributed by atoms with E-state index in [1.807, 2.05) is 0 Å². The van der Waals surface area contributed by atoms with Gasteiger partial charge in [-0.15, -0.1) is 0 Å². The number of carboxylic acid groups (broad SMARTS) is 2. The molecule has 0 bridgehead atoms. The quantitative estimate of drug-likeness (QED) is 0.493. The van der Waals surface area contributed by atoms with E-state index in [4.69, 9.17) is 19.8 Å². The zero-order chi connectivity index (χ0) is 12.3. The fraction of sp³-hybridized carbons (Fsp3) is 0.750. The molecule has 0 saturated carbocycles. The first-order chi connectivity index (χ1) is 6.11. The van der Waals surface area contributed by atoms with Crippen LogP contribution in [0.25, 0.3) is 0 Å². The van der Waals surface area contributed by atoms with Gasteiger partial charge in [-0.3, -0.25) is 0 Å².